The van der Waals surface area contributed by atoms with Crippen molar-refractivity contribution < 1.29 is 9.53 Å². The molecule has 1 aliphatic rings. The maximum atomic E-state index is 12.8. The summed E-state index contributed by atoms with van der Waals surface area (Å²) in [6.07, 6.45) is 4.70. The summed E-state index contributed by atoms with van der Waals surface area (Å²) in [4.78, 5) is 15.6. The molecule has 0 saturated carbocycles. The minimum absolute atomic E-state index is 0.244. The molecule has 2 unspecified atom stereocenters. The number of nitrogens with zero attached hydrogens (tertiary/aromatic N) is 5. The molecule has 2 rings (SSSR count). The van der Waals surface area contributed by atoms with E-state index in [1.807, 2.05) is 23.2 Å². The van der Waals surface area contributed by atoms with Gasteiger partial charge < -0.3 is 4.74 Å². The fraction of sp³-hybridized carbons (Fsp3) is 0.579. The Balaban J connectivity index is 2.15. The summed E-state index contributed by atoms with van der Waals surface area (Å²) in [7, 11) is 0. The van der Waals surface area contributed by atoms with E-state index in [0.717, 1.165) is 23.8 Å². The third-order valence-electron chi connectivity index (χ3n) is 4.63. The average Bonchev–Trinajstić information content (AvgIpc) is 3.47. The predicted molar refractivity (Wildman–Crippen MR) is 115 cm³/mol. The third kappa shape index (κ3) is 6.39. The Morgan fingerprint density at radius 1 is 1.41 bits per heavy atom. The molecule has 0 bridgehead atoms. The van der Waals surface area contributed by atoms with Crippen LogP contribution in [0.5, 0.6) is 0 Å². The Morgan fingerprint density at radius 3 is 2.85 bits per heavy atom. The van der Waals surface area contributed by atoms with Crippen LogP contribution in [0.1, 0.15) is 44.2 Å². The molecule has 1 aliphatic heterocycles. The number of ether oxygens (including phenoxy) is 1. The van der Waals surface area contributed by atoms with Crippen LogP contribution in [0.3, 0.4) is 0 Å². The SMILES string of the molecule is CCOC(=O)C(/C=N\N1CC1c1ccccc1)(CCCCI)CCN=[N+]=[N-]. The molecule has 1 fully saturated rings. The molecular formula is C19H26IN5O2. The number of alkyl halides is 1. The van der Waals surface area contributed by atoms with E-state index in [4.69, 9.17) is 10.3 Å². The average molecular weight is 483 g/mol. The van der Waals surface area contributed by atoms with E-state index in [9.17, 15) is 4.79 Å². The van der Waals surface area contributed by atoms with Gasteiger partial charge in [0.25, 0.3) is 0 Å². The summed E-state index contributed by atoms with van der Waals surface area (Å²) in [6.45, 7) is 3.20. The van der Waals surface area contributed by atoms with Gasteiger partial charge in [-0.15, -0.1) is 0 Å². The molecule has 0 radical (unpaired) electrons. The van der Waals surface area contributed by atoms with Crippen LogP contribution in [0.25, 0.3) is 10.4 Å². The van der Waals surface area contributed by atoms with E-state index in [1.54, 1.807) is 13.1 Å². The van der Waals surface area contributed by atoms with Crippen molar-refractivity contribution in [3.05, 3.63) is 46.3 Å². The van der Waals surface area contributed by atoms with Crippen LogP contribution < -0.4 is 0 Å². The van der Waals surface area contributed by atoms with Crippen molar-refractivity contribution in [1.82, 2.24) is 5.01 Å². The minimum atomic E-state index is -0.847. The van der Waals surface area contributed by atoms with Crippen molar-refractivity contribution in [3.8, 4) is 0 Å². The molecule has 146 valence electrons. The van der Waals surface area contributed by atoms with E-state index < -0.39 is 5.41 Å². The van der Waals surface area contributed by atoms with E-state index in [-0.39, 0.29) is 18.6 Å². The number of hydrogen-bond donors (Lipinski definition) is 0. The maximum Gasteiger partial charge on any atom is 0.317 e. The van der Waals surface area contributed by atoms with Gasteiger partial charge in [-0.1, -0.05) is 64.5 Å². The largest absolute Gasteiger partial charge is 0.465 e. The monoisotopic (exact) mass is 483 g/mol. The number of esters is 1. The van der Waals surface area contributed by atoms with Crippen LogP contribution in [-0.4, -0.2) is 41.3 Å². The fourth-order valence-corrected chi connectivity index (χ4v) is 3.55. The summed E-state index contributed by atoms with van der Waals surface area (Å²) in [6, 6.07) is 10.5. The second-order valence-electron chi connectivity index (χ2n) is 6.52. The highest BCUT2D eigenvalue weighted by Gasteiger charge is 2.40. The van der Waals surface area contributed by atoms with Crippen molar-refractivity contribution in [3.63, 3.8) is 0 Å². The zero-order valence-electron chi connectivity index (χ0n) is 15.6. The number of unbranched alkanes of at least 4 members (excludes halogenated alkanes) is 1. The second kappa shape index (κ2) is 11.1. The standard InChI is InChI=1S/C19H26IN5O2/c1-2-27-18(26)19(10-6-7-12-20,11-13-22-24-21)15-23-25-14-17(25)16-8-4-3-5-9-16/h3-5,8-9,15,17H,2,6-7,10-14H2,1H3/b23-15-. The number of benzene rings is 1. The molecular weight excluding hydrogens is 457 g/mol. The van der Waals surface area contributed by atoms with Gasteiger partial charge in [-0.25, -0.2) is 0 Å². The minimum Gasteiger partial charge on any atom is -0.465 e. The Bertz CT molecular complexity index is 678. The molecule has 1 aromatic carbocycles. The Kier molecular flexibility index (Phi) is 8.87. The van der Waals surface area contributed by atoms with Crippen LogP contribution in [-0.2, 0) is 9.53 Å². The highest BCUT2D eigenvalue weighted by Crippen LogP contribution is 2.36. The quantitative estimate of drug-likeness (QED) is 0.0488. The van der Waals surface area contributed by atoms with E-state index >= 15 is 0 Å². The van der Waals surface area contributed by atoms with E-state index in [1.165, 1.54) is 5.56 Å². The van der Waals surface area contributed by atoms with Gasteiger partial charge in [0.1, 0.15) is 5.41 Å². The smallest absolute Gasteiger partial charge is 0.317 e. The highest BCUT2D eigenvalue weighted by molar-refractivity contribution is 14.1. The molecule has 8 heteroatoms. The Morgan fingerprint density at radius 2 is 2.19 bits per heavy atom. The van der Waals surface area contributed by atoms with Gasteiger partial charge in [-0.05, 0) is 41.7 Å². The van der Waals surface area contributed by atoms with Crippen molar-refractivity contribution in [2.75, 3.05) is 24.1 Å². The number of carbonyl (C=O) groups is 1. The summed E-state index contributed by atoms with van der Waals surface area (Å²) in [5.41, 5.74) is 8.98. The van der Waals surface area contributed by atoms with Crippen LogP contribution in [0.2, 0.25) is 0 Å². The Labute approximate surface area is 173 Å². The number of halogens is 1. The molecule has 1 saturated heterocycles. The first-order chi connectivity index (χ1) is 13.2. The highest BCUT2D eigenvalue weighted by atomic mass is 127. The molecule has 2 atom stereocenters. The first-order valence-electron chi connectivity index (χ1n) is 9.27. The first kappa shape index (κ1) is 21.5. The summed E-state index contributed by atoms with van der Waals surface area (Å²) in [5.74, 6) is -0.284. The lowest BCUT2D eigenvalue weighted by atomic mass is 9.80. The van der Waals surface area contributed by atoms with Crippen molar-refractivity contribution >= 4 is 34.8 Å². The normalized spacial score (nSPS) is 18.0. The predicted octanol–water partition coefficient (Wildman–Crippen LogP) is 4.88. The van der Waals surface area contributed by atoms with Crippen LogP contribution in [0, 0.1) is 5.41 Å². The second-order valence-corrected chi connectivity index (χ2v) is 7.60. The number of hydrogen-bond acceptors (Lipinski definition) is 5. The van der Waals surface area contributed by atoms with Crippen molar-refractivity contribution in [2.24, 2.45) is 15.6 Å². The summed E-state index contributed by atoms with van der Waals surface area (Å²) in [5, 5.41) is 10.2. The third-order valence-corrected chi connectivity index (χ3v) is 5.40. The topological polar surface area (TPSA) is 90.4 Å². The van der Waals surface area contributed by atoms with Gasteiger partial charge in [0.15, 0.2) is 0 Å². The Hall–Kier alpha value is -1.80. The summed E-state index contributed by atoms with van der Waals surface area (Å²) < 4.78 is 6.38. The molecule has 0 aliphatic carbocycles. The number of azide groups is 1. The van der Waals surface area contributed by atoms with Gasteiger partial charge in [0.05, 0.1) is 19.2 Å². The molecule has 0 amide bonds. The number of rotatable bonds is 12. The van der Waals surface area contributed by atoms with Crippen molar-refractivity contribution in [1.29, 1.82) is 0 Å². The number of carbonyl (C=O) groups excluding carboxylic acids is 1. The fourth-order valence-electron chi connectivity index (χ4n) is 3.01. The van der Waals surface area contributed by atoms with Gasteiger partial charge >= 0.3 is 5.97 Å². The molecule has 1 heterocycles. The van der Waals surface area contributed by atoms with Gasteiger partial charge in [0, 0.05) is 17.7 Å². The van der Waals surface area contributed by atoms with Crippen LogP contribution >= 0.6 is 22.6 Å². The van der Waals surface area contributed by atoms with Gasteiger partial charge in [-0.2, -0.15) is 5.10 Å². The molecule has 7 nitrogen and oxygen atoms in total. The summed E-state index contributed by atoms with van der Waals surface area (Å²) >= 11 is 2.33. The zero-order valence-corrected chi connectivity index (χ0v) is 17.8. The molecule has 27 heavy (non-hydrogen) atoms. The van der Waals surface area contributed by atoms with E-state index in [0.29, 0.717) is 19.4 Å². The van der Waals surface area contributed by atoms with Gasteiger partial charge in [0.2, 0.25) is 0 Å². The molecule has 0 aromatic heterocycles. The van der Waals surface area contributed by atoms with Crippen molar-refractivity contribution in [2.45, 2.75) is 38.6 Å². The van der Waals surface area contributed by atoms with Gasteiger partial charge in [-0.3, -0.25) is 9.80 Å². The lowest BCUT2D eigenvalue weighted by Gasteiger charge is -2.27. The lowest BCUT2D eigenvalue weighted by Crippen LogP contribution is -2.36. The van der Waals surface area contributed by atoms with Crippen LogP contribution in [0.15, 0.2) is 40.5 Å². The molecule has 0 spiro atoms. The first-order valence-corrected chi connectivity index (χ1v) is 10.8. The number of hydrazone groups is 1. The maximum absolute atomic E-state index is 12.8. The molecule has 1 aromatic rings. The van der Waals surface area contributed by atoms with E-state index in [2.05, 4.69) is 49.9 Å². The van der Waals surface area contributed by atoms with Crippen LogP contribution in [0.4, 0.5) is 0 Å². The zero-order chi connectivity index (χ0) is 19.5. The lowest BCUT2D eigenvalue weighted by molar-refractivity contribution is -0.151. The molecule has 0 N–H and O–H groups in total.